The van der Waals surface area contributed by atoms with Gasteiger partial charge in [0.1, 0.15) is 0 Å². The second-order valence-electron chi connectivity index (χ2n) is 6.02. The lowest BCUT2D eigenvalue weighted by molar-refractivity contribution is -0.385. The van der Waals surface area contributed by atoms with Gasteiger partial charge < -0.3 is 24.8 Å². The van der Waals surface area contributed by atoms with Crippen molar-refractivity contribution in [3.63, 3.8) is 0 Å². The monoisotopic (exact) mass is 389 g/mol. The molecular weight excluding hydrogens is 366 g/mol. The summed E-state index contributed by atoms with van der Waals surface area (Å²) in [5, 5.41) is 16.8. The lowest BCUT2D eigenvalue weighted by atomic mass is 10.1. The molecule has 9 nitrogen and oxygen atoms in total. The molecule has 0 aliphatic rings. The molecular formula is C19H23N3O6. The van der Waals surface area contributed by atoms with E-state index in [9.17, 15) is 14.9 Å². The summed E-state index contributed by atoms with van der Waals surface area (Å²) in [6, 6.07) is 6.36. The highest BCUT2D eigenvalue weighted by atomic mass is 16.6. The molecule has 28 heavy (non-hydrogen) atoms. The Morgan fingerprint density at radius 1 is 0.929 bits per heavy atom. The molecule has 0 aliphatic carbocycles. The Bertz CT molecular complexity index is 898. The summed E-state index contributed by atoms with van der Waals surface area (Å²) in [6.45, 7) is 3.55. The van der Waals surface area contributed by atoms with E-state index >= 15 is 0 Å². The largest absolute Gasteiger partial charge is 0.493 e. The van der Waals surface area contributed by atoms with Crippen molar-refractivity contribution in [3.05, 3.63) is 45.5 Å². The number of nitrogens with one attached hydrogen (secondary N) is 2. The van der Waals surface area contributed by atoms with Crippen molar-refractivity contribution >= 4 is 23.0 Å². The molecule has 0 aliphatic heterocycles. The summed E-state index contributed by atoms with van der Waals surface area (Å²) >= 11 is 0. The van der Waals surface area contributed by atoms with Crippen LogP contribution < -0.4 is 24.8 Å². The smallest absolute Gasteiger partial charge is 0.311 e. The third-order valence-electron chi connectivity index (χ3n) is 4.17. The van der Waals surface area contributed by atoms with Gasteiger partial charge in [-0.1, -0.05) is 0 Å². The molecule has 0 unspecified atom stereocenters. The van der Waals surface area contributed by atoms with Gasteiger partial charge in [0, 0.05) is 29.6 Å². The van der Waals surface area contributed by atoms with Gasteiger partial charge in [0.25, 0.3) is 0 Å². The van der Waals surface area contributed by atoms with Gasteiger partial charge in [-0.2, -0.15) is 0 Å². The van der Waals surface area contributed by atoms with Crippen LogP contribution in [0.15, 0.2) is 24.3 Å². The normalized spacial score (nSPS) is 10.2. The number of carbonyl (C=O) groups excluding carboxylic acids is 1. The number of carbonyl (C=O) groups is 1. The topological polar surface area (TPSA) is 112 Å². The number of hydrogen-bond acceptors (Lipinski definition) is 7. The van der Waals surface area contributed by atoms with E-state index in [-0.39, 0.29) is 23.9 Å². The molecule has 9 heteroatoms. The first-order valence-corrected chi connectivity index (χ1v) is 8.40. The first-order valence-electron chi connectivity index (χ1n) is 8.40. The molecule has 0 fully saturated rings. The third kappa shape index (κ3) is 4.61. The number of methoxy groups -OCH3 is 3. The van der Waals surface area contributed by atoms with E-state index in [2.05, 4.69) is 10.6 Å². The molecule has 150 valence electrons. The lowest BCUT2D eigenvalue weighted by Crippen LogP contribution is -2.22. The fourth-order valence-corrected chi connectivity index (χ4v) is 2.65. The molecule has 0 saturated heterocycles. The van der Waals surface area contributed by atoms with Gasteiger partial charge >= 0.3 is 5.69 Å². The number of hydrogen-bond donors (Lipinski definition) is 2. The molecule has 0 aromatic heterocycles. The highest BCUT2D eigenvalue weighted by Gasteiger charge is 2.18. The fraction of sp³-hybridized carbons (Fsp3) is 0.316. The van der Waals surface area contributed by atoms with Crippen molar-refractivity contribution in [2.45, 2.75) is 13.8 Å². The average molecular weight is 389 g/mol. The van der Waals surface area contributed by atoms with Crippen molar-refractivity contribution < 1.29 is 23.9 Å². The first kappa shape index (κ1) is 20.8. The Hall–Kier alpha value is -3.49. The van der Waals surface area contributed by atoms with E-state index in [0.717, 1.165) is 11.3 Å². The number of nitro groups is 1. The molecule has 0 saturated carbocycles. The van der Waals surface area contributed by atoms with Crippen molar-refractivity contribution in [2.24, 2.45) is 0 Å². The molecule has 0 radical (unpaired) electrons. The molecule has 0 spiro atoms. The maximum absolute atomic E-state index is 12.3. The number of nitro benzene ring substituents is 1. The Morgan fingerprint density at radius 2 is 1.46 bits per heavy atom. The highest BCUT2D eigenvalue weighted by Crippen LogP contribution is 2.34. The van der Waals surface area contributed by atoms with Gasteiger partial charge in [0.2, 0.25) is 5.91 Å². The second-order valence-corrected chi connectivity index (χ2v) is 6.02. The zero-order valence-corrected chi connectivity index (χ0v) is 16.4. The SMILES string of the molecule is COc1cc(C)c(NCC(=O)Nc2cc(OC)c([N+](=O)[O-])cc2C)cc1OC. The maximum atomic E-state index is 12.3. The average Bonchev–Trinajstić information content (AvgIpc) is 2.67. The van der Waals surface area contributed by atoms with Crippen LogP contribution in [0, 0.1) is 24.0 Å². The van der Waals surface area contributed by atoms with E-state index in [1.54, 1.807) is 20.1 Å². The minimum Gasteiger partial charge on any atom is -0.493 e. The molecule has 2 N–H and O–H groups in total. The highest BCUT2D eigenvalue weighted by molar-refractivity contribution is 5.95. The number of benzene rings is 2. The summed E-state index contributed by atoms with van der Waals surface area (Å²) < 4.78 is 15.6. The minimum atomic E-state index is -0.529. The van der Waals surface area contributed by atoms with E-state index in [0.29, 0.717) is 22.7 Å². The van der Waals surface area contributed by atoms with Crippen LogP contribution in [0.3, 0.4) is 0 Å². The van der Waals surface area contributed by atoms with Crippen LogP contribution in [0.1, 0.15) is 11.1 Å². The fourth-order valence-electron chi connectivity index (χ4n) is 2.65. The van der Waals surface area contributed by atoms with Crippen LogP contribution in [0.2, 0.25) is 0 Å². The molecule has 2 aromatic rings. The van der Waals surface area contributed by atoms with Gasteiger partial charge in [-0.3, -0.25) is 14.9 Å². The van der Waals surface area contributed by atoms with Gasteiger partial charge in [-0.15, -0.1) is 0 Å². The standard InChI is InChI=1S/C19H23N3O6/c1-11-6-15(22(24)25)16(26-3)9-14(11)21-19(23)10-20-13-8-18(28-5)17(27-4)7-12(13)2/h6-9,20H,10H2,1-5H3,(H,21,23). The lowest BCUT2D eigenvalue weighted by Gasteiger charge is -2.15. The quantitative estimate of drug-likeness (QED) is 0.526. The minimum absolute atomic E-state index is 0.00489. The zero-order chi connectivity index (χ0) is 20.8. The predicted octanol–water partition coefficient (Wildman–Crippen LogP) is 3.29. The Morgan fingerprint density at radius 3 is 2.04 bits per heavy atom. The van der Waals surface area contributed by atoms with Gasteiger partial charge in [0.05, 0.1) is 32.8 Å². The Balaban J connectivity index is 2.12. The zero-order valence-electron chi connectivity index (χ0n) is 16.4. The number of anilines is 2. The number of rotatable bonds is 8. The number of aryl methyl sites for hydroxylation is 2. The van der Waals surface area contributed by atoms with E-state index in [1.807, 2.05) is 13.0 Å². The van der Waals surface area contributed by atoms with E-state index in [4.69, 9.17) is 14.2 Å². The summed E-state index contributed by atoms with van der Waals surface area (Å²) in [5.41, 5.74) is 2.46. The molecule has 1 amide bonds. The molecule has 0 atom stereocenters. The van der Waals surface area contributed by atoms with Crippen LogP contribution in [0.5, 0.6) is 17.2 Å². The van der Waals surface area contributed by atoms with Crippen LogP contribution in [0.4, 0.5) is 17.1 Å². The Kier molecular flexibility index (Phi) is 6.64. The summed E-state index contributed by atoms with van der Waals surface area (Å²) in [5.74, 6) is 0.915. The van der Waals surface area contributed by atoms with Crippen LogP contribution in [-0.4, -0.2) is 38.7 Å². The summed E-state index contributed by atoms with van der Waals surface area (Å²) in [4.78, 5) is 22.9. The van der Waals surface area contributed by atoms with Crippen molar-refractivity contribution in [3.8, 4) is 17.2 Å². The molecule has 0 bridgehead atoms. The van der Waals surface area contributed by atoms with Crippen LogP contribution in [-0.2, 0) is 4.79 Å². The summed E-state index contributed by atoms with van der Waals surface area (Å²) in [6.07, 6.45) is 0. The molecule has 2 aromatic carbocycles. The number of nitrogens with zero attached hydrogens (tertiary/aromatic N) is 1. The van der Waals surface area contributed by atoms with Crippen LogP contribution in [0.25, 0.3) is 0 Å². The van der Waals surface area contributed by atoms with Crippen molar-refractivity contribution in [1.29, 1.82) is 0 Å². The molecule has 2 rings (SSSR count). The predicted molar refractivity (Wildman–Crippen MR) is 106 cm³/mol. The van der Waals surface area contributed by atoms with Crippen LogP contribution >= 0.6 is 0 Å². The van der Waals surface area contributed by atoms with Crippen molar-refractivity contribution in [1.82, 2.24) is 0 Å². The number of amides is 1. The second kappa shape index (κ2) is 8.94. The Labute approximate surface area is 162 Å². The van der Waals surface area contributed by atoms with Gasteiger partial charge in [-0.05, 0) is 31.0 Å². The maximum Gasteiger partial charge on any atom is 0.311 e. The van der Waals surface area contributed by atoms with E-state index < -0.39 is 4.92 Å². The first-order chi connectivity index (χ1) is 13.3. The van der Waals surface area contributed by atoms with Crippen molar-refractivity contribution in [2.75, 3.05) is 38.5 Å². The molecule has 0 heterocycles. The third-order valence-corrected chi connectivity index (χ3v) is 4.17. The number of ether oxygens (including phenoxy) is 3. The van der Waals surface area contributed by atoms with E-state index in [1.165, 1.54) is 26.4 Å². The van der Waals surface area contributed by atoms with Gasteiger partial charge in [0.15, 0.2) is 17.2 Å². The van der Waals surface area contributed by atoms with Gasteiger partial charge in [-0.25, -0.2) is 0 Å². The summed E-state index contributed by atoms with van der Waals surface area (Å²) in [7, 11) is 4.43.